The molecule has 0 saturated carbocycles. The number of pyridine rings is 1. The second-order valence-corrected chi connectivity index (χ2v) is 5.86. The number of halogens is 2. The zero-order chi connectivity index (χ0) is 13.0. The summed E-state index contributed by atoms with van der Waals surface area (Å²) in [5.41, 5.74) is 1.11. The van der Waals surface area contributed by atoms with E-state index in [1.165, 1.54) is 0 Å². The van der Waals surface area contributed by atoms with Gasteiger partial charge < -0.3 is 9.88 Å². The molecule has 1 aromatic heterocycles. The van der Waals surface area contributed by atoms with Crippen LogP contribution in [-0.4, -0.2) is 11.1 Å². The summed E-state index contributed by atoms with van der Waals surface area (Å²) in [7, 11) is 0. The van der Waals surface area contributed by atoms with E-state index in [0.29, 0.717) is 6.54 Å². The molecule has 0 saturated heterocycles. The van der Waals surface area contributed by atoms with Crippen LogP contribution in [0.3, 0.4) is 0 Å². The van der Waals surface area contributed by atoms with E-state index in [9.17, 15) is 4.79 Å². The van der Waals surface area contributed by atoms with Crippen LogP contribution in [0.2, 0.25) is 0 Å². The van der Waals surface area contributed by atoms with Crippen molar-refractivity contribution in [3.63, 3.8) is 0 Å². The van der Waals surface area contributed by atoms with Crippen molar-refractivity contribution in [3.8, 4) is 0 Å². The summed E-state index contributed by atoms with van der Waals surface area (Å²) in [6.07, 6.45) is 1.80. The molecule has 1 aromatic carbocycles. The topological polar surface area (TPSA) is 34.0 Å². The highest BCUT2D eigenvalue weighted by molar-refractivity contribution is 14.1. The Hall–Kier alpha value is -0.820. The Morgan fingerprint density at radius 2 is 2.11 bits per heavy atom. The van der Waals surface area contributed by atoms with Crippen LogP contribution in [0.25, 0.3) is 0 Å². The lowest BCUT2D eigenvalue weighted by molar-refractivity contribution is 0.697. The Morgan fingerprint density at radius 3 is 2.89 bits per heavy atom. The van der Waals surface area contributed by atoms with Gasteiger partial charge in [-0.05, 0) is 46.9 Å². The number of anilines is 1. The summed E-state index contributed by atoms with van der Waals surface area (Å²) < 4.78 is 3.90. The minimum atomic E-state index is 0.0308. The molecule has 0 aliphatic heterocycles. The molecule has 0 radical (unpaired) electrons. The number of nitrogens with one attached hydrogen (secondary N) is 1. The zero-order valence-corrected chi connectivity index (χ0v) is 13.3. The first-order chi connectivity index (χ1) is 8.66. The third kappa shape index (κ3) is 3.58. The minimum absolute atomic E-state index is 0.0308. The maximum atomic E-state index is 11.5. The predicted molar refractivity (Wildman–Crippen MR) is 86.1 cm³/mol. The lowest BCUT2D eigenvalue weighted by Crippen LogP contribution is -2.22. The molecule has 18 heavy (non-hydrogen) atoms. The maximum Gasteiger partial charge on any atom is 0.250 e. The normalized spacial score (nSPS) is 10.3. The molecular formula is C13H12BrIN2O. The number of nitrogens with zero attached hydrogens (tertiary/aromatic N) is 1. The van der Waals surface area contributed by atoms with Crippen LogP contribution in [0.1, 0.15) is 0 Å². The summed E-state index contributed by atoms with van der Waals surface area (Å²) in [5, 5.41) is 3.33. The molecule has 0 atom stereocenters. The number of hydrogen-bond acceptors (Lipinski definition) is 2. The fourth-order valence-corrected chi connectivity index (χ4v) is 2.48. The molecule has 94 valence electrons. The van der Waals surface area contributed by atoms with E-state index in [4.69, 9.17) is 0 Å². The van der Waals surface area contributed by atoms with Gasteiger partial charge in [0.2, 0.25) is 0 Å². The number of aromatic nitrogens is 1. The van der Waals surface area contributed by atoms with Gasteiger partial charge in [0.1, 0.15) is 0 Å². The number of benzene rings is 1. The minimum Gasteiger partial charge on any atom is -0.382 e. The Balaban J connectivity index is 1.99. The van der Waals surface area contributed by atoms with Crippen molar-refractivity contribution < 1.29 is 0 Å². The third-order valence-electron chi connectivity index (χ3n) is 2.50. The molecule has 0 spiro atoms. The van der Waals surface area contributed by atoms with Crippen LogP contribution in [0, 0.1) is 3.57 Å². The average molecular weight is 419 g/mol. The molecule has 5 heteroatoms. The summed E-state index contributed by atoms with van der Waals surface area (Å²) in [4.78, 5) is 11.5. The van der Waals surface area contributed by atoms with Gasteiger partial charge in [0, 0.05) is 39.1 Å². The van der Waals surface area contributed by atoms with E-state index in [1.807, 2.05) is 24.3 Å². The molecule has 1 heterocycles. The van der Waals surface area contributed by atoms with Gasteiger partial charge >= 0.3 is 0 Å². The third-order valence-corrected chi connectivity index (χ3v) is 3.93. The van der Waals surface area contributed by atoms with E-state index in [0.717, 1.165) is 20.3 Å². The van der Waals surface area contributed by atoms with Crippen LogP contribution >= 0.6 is 38.5 Å². The highest BCUT2D eigenvalue weighted by Crippen LogP contribution is 2.22. The highest BCUT2D eigenvalue weighted by atomic mass is 127. The van der Waals surface area contributed by atoms with Crippen molar-refractivity contribution in [1.29, 1.82) is 0 Å². The van der Waals surface area contributed by atoms with E-state index >= 15 is 0 Å². The molecule has 0 aliphatic carbocycles. The molecule has 0 amide bonds. The first-order valence-corrected chi connectivity index (χ1v) is 7.38. The zero-order valence-electron chi connectivity index (χ0n) is 9.57. The van der Waals surface area contributed by atoms with Crippen LogP contribution in [0.5, 0.6) is 0 Å². The Bertz CT molecular complexity index is 598. The predicted octanol–water partition coefficient (Wildman–Crippen LogP) is 3.33. The standard InChI is InChI=1S/C13H12BrIN2O/c14-10-4-5-11(15)12(9-10)16-6-8-17-7-2-1-3-13(17)18/h1-5,7,9,16H,6,8H2. The van der Waals surface area contributed by atoms with E-state index < -0.39 is 0 Å². The Morgan fingerprint density at radius 1 is 1.28 bits per heavy atom. The van der Waals surface area contributed by atoms with Crippen molar-refractivity contribution in [3.05, 3.63) is 61.0 Å². The Labute approximate surface area is 127 Å². The molecule has 2 rings (SSSR count). The summed E-state index contributed by atoms with van der Waals surface area (Å²) in [5.74, 6) is 0. The molecule has 3 nitrogen and oxygen atoms in total. The Kier molecular flexibility index (Phi) is 4.82. The number of hydrogen-bond donors (Lipinski definition) is 1. The van der Waals surface area contributed by atoms with Gasteiger partial charge in [-0.2, -0.15) is 0 Å². The van der Waals surface area contributed by atoms with Crippen LogP contribution in [0.15, 0.2) is 51.9 Å². The number of rotatable bonds is 4. The van der Waals surface area contributed by atoms with Gasteiger partial charge in [0.05, 0.1) is 0 Å². The SMILES string of the molecule is O=c1ccccn1CCNc1cc(Br)ccc1I. The maximum absolute atomic E-state index is 11.5. The van der Waals surface area contributed by atoms with Gasteiger partial charge in [0.25, 0.3) is 5.56 Å². The van der Waals surface area contributed by atoms with Crippen LogP contribution in [-0.2, 0) is 6.54 Å². The van der Waals surface area contributed by atoms with Crippen LogP contribution in [0.4, 0.5) is 5.69 Å². The second kappa shape index (κ2) is 6.38. The molecule has 2 aromatic rings. The first kappa shape index (κ1) is 13.6. The molecular weight excluding hydrogens is 407 g/mol. The molecule has 0 fully saturated rings. The molecule has 0 unspecified atom stereocenters. The van der Waals surface area contributed by atoms with E-state index in [2.05, 4.69) is 43.8 Å². The van der Waals surface area contributed by atoms with Crippen LogP contribution < -0.4 is 10.9 Å². The van der Waals surface area contributed by atoms with Gasteiger partial charge in [-0.15, -0.1) is 0 Å². The first-order valence-electron chi connectivity index (χ1n) is 5.51. The van der Waals surface area contributed by atoms with Gasteiger partial charge in [-0.25, -0.2) is 0 Å². The lowest BCUT2D eigenvalue weighted by atomic mass is 10.3. The van der Waals surface area contributed by atoms with Gasteiger partial charge in [-0.3, -0.25) is 4.79 Å². The van der Waals surface area contributed by atoms with Crippen molar-refractivity contribution >= 4 is 44.2 Å². The molecule has 1 N–H and O–H groups in total. The quantitative estimate of drug-likeness (QED) is 0.772. The average Bonchev–Trinajstić information content (AvgIpc) is 2.36. The van der Waals surface area contributed by atoms with E-state index in [-0.39, 0.29) is 5.56 Å². The van der Waals surface area contributed by atoms with Crippen molar-refractivity contribution in [2.75, 3.05) is 11.9 Å². The monoisotopic (exact) mass is 418 g/mol. The fourth-order valence-electron chi connectivity index (χ4n) is 1.59. The van der Waals surface area contributed by atoms with E-state index in [1.54, 1.807) is 22.9 Å². The highest BCUT2D eigenvalue weighted by Gasteiger charge is 2.00. The summed E-state index contributed by atoms with van der Waals surface area (Å²) in [6.45, 7) is 1.37. The van der Waals surface area contributed by atoms with Crippen molar-refractivity contribution in [2.45, 2.75) is 6.54 Å². The summed E-state index contributed by atoms with van der Waals surface area (Å²) in [6, 6.07) is 11.3. The van der Waals surface area contributed by atoms with Gasteiger partial charge in [-0.1, -0.05) is 22.0 Å². The molecule has 0 bridgehead atoms. The largest absolute Gasteiger partial charge is 0.382 e. The second-order valence-electron chi connectivity index (χ2n) is 3.78. The molecule has 0 aliphatic rings. The smallest absolute Gasteiger partial charge is 0.250 e. The summed E-state index contributed by atoms with van der Waals surface area (Å²) >= 11 is 5.73. The van der Waals surface area contributed by atoms with Crippen molar-refractivity contribution in [1.82, 2.24) is 4.57 Å². The van der Waals surface area contributed by atoms with Crippen molar-refractivity contribution in [2.24, 2.45) is 0 Å². The van der Waals surface area contributed by atoms with Gasteiger partial charge in [0.15, 0.2) is 0 Å². The lowest BCUT2D eigenvalue weighted by Gasteiger charge is -2.10. The fraction of sp³-hybridized carbons (Fsp3) is 0.154.